The van der Waals surface area contributed by atoms with E-state index < -0.39 is 0 Å². The Labute approximate surface area is 207 Å². The maximum Gasteiger partial charge on any atom is 0.251 e. The van der Waals surface area contributed by atoms with Crippen LogP contribution in [0.1, 0.15) is 28.8 Å². The number of ether oxygens (including phenoxy) is 3. The number of likely N-dealkylation sites (tertiary alicyclic amines) is 1. The molecular weight excluding hydrogens is 442 g/mol. The summed E-state index contributed by atoms with van der Waals surface area (Å²) < 4.78 is 16.8. The third kappa shape index (κ3) is 6.51. The van der Waals surface area contributed by atoms with E-state index in [1.54, 1.807) is 14.2 Å². The predicted octanol–water partition coefficient (Wildman–Crippen LogP) is 4.21. The lowest BCUT2D eigenvalue weighted by molar-refractivity contribution is 0.0950. The normalized spacial score (nSPS) is 13.4. The highest BCUT2D eigenvalue weighted by molar-refractivity contribution is 5.95. The molecule has 7 nitrogen and oxygen atoms in total. The molecule has 0 aliphatic carbocycles. The highest BCUT2D eigenvalue weighted by atomic mass is 16.5. The quantitative estimate of drug-likeness (QED) is 0.448. The number of methoxy groups -OCH3 is 2. The number of carbonyl (C=O) groups excluding carboxylic acids is 1. The maximum atomic E-state index is 12.6. The third-order valence-corrected chi connectivity index (χ3v) is 6.16. The fourth-order valence-electron chi connectivity index (χ4n) is 4.33. The number of rotatable bonds is 11. The molecule has 2 heterocycles. The second-order valence-corrected chi connectivity index (χ2v) is 8.50. The molecule has 0 atom stereocenters. The summed E-state index contributed by atoms with van der Waals surface area (Å²) in [7, 11) is 3.26. The highest BCUT2D eigenvalue weighted by Crippen LogP contribution is 2.31. The molecule has 3 aromatic rings. The smallest absolute Gasteiger partial charge is 0.251 e. The monoisotopic (exact) mass is 475 g/mol. The van der Waals surface area contributed by atoms with Crippen molar-refractivity contribution in [2.75, 3.05) is 47.0 Å². The molecule has 4 rings (SSSR count). The van der Waals surface area contributed by atoms with Crippen molar-refractivity contribution in [1.82, 2.24) is 15.2 Å². The second-order valence-electron chi connectivity index (χ2n) is 8.50. The molecule has 7 heteroatoms. The SMILES string of the molecule is COc1cccc(CCOc2cccc(-c3cccc(C(=O)NCCN4CCCC4)c3)n2)c1OC. The van der Waals surface area contributed by atoms with Crippen LogP contribution in [0.25, 0.3) is 11.3 Å². The minimum atomic E-state index is -0.0642. The van der Waals surface area contributed by atoms with E-state index in [4.69, 9.17) is 14.2 Å². The number of benzene rings is 2. The first-order valence-corrected chi connectivity index (χ1v) is 12.1. The molecule has 184 valence electrons. The molecule has 0 bridgehead atoms. The summed E-state index contributed by atoms with van der Waals surface area (Å²) >= 11 is 0. The van der Waals surface area contributed by atoms with Crippen LogP contribution in [0.15, 0.2) is 60.7 Å². The fourth-order valence-corrected chi connectivity index (χ4v) is 4.33. The van der Waals surface area contributed by atoms with Gasteiger partial charge in [0, 0.05) is 42.3 Å². The molecule has 1 saturated heterocycles. The van der Waals surface area contributed by atoms with Crippen molar-refractivity contribution in [2.24, 2.45) is 0 Å². The maximum absolute atomic E-state index is 12.6. The van der Waals surface area contributed by atoms with Crippen molar-refractivity contribution in [1.29, 1.82) is 0 Å². The van der Waals surface area contributed by atoms with Crippen molar-refractivity contribution >= 4 is 5.91 Å². The first-order chi connectivity index (χ1) is 17.2. The van der Waals surface area contributed by atoms with Gasteiger partial charge in [0.05, 0.1) is 26.5 Å². The van der Waals surface area contributed by atoms with Gasteiger partial charge in [0.1, 0.15) is 0 Å². The standard InChI is InChI=1S/C28H33N3O4/c1-33-25-12-6-8-21(27(25)34-2)14-19-35-26-13-7-11-24(30-26)22-9-5-10-23(20-22)28(32)29-15-18-31-16-3-4-17-31/h5-13,20H,3-4,14-19H2,1-2H3,(H,29,32). The van der Waals surface area contributed by atoms with Gasteiger partial charge in [-0.2, -0.15) is 0 Å². The molecule has 1 aliphatic rings. The van der Waals surface area contributed by atoms with E-state index >= 15 is 0 Å². The average molecular weight is 476 g/mol. The third-order valence-electron chi connectivity index (χ3n) is 6.16. The van der Waals surface area contributed by atoms with Crippen molar-refractivity contribution in [3.63, 3.8) is 0 Å². The van der Waals surface area contributed by atoms with Gasteiger partial charge < -0.3 is 24.4 Å². The highest BCUT2D eigenvalue weighted by Gasteiger charge is 2.13. The minimum absolute atomic E-state index is 0.0642. The average Bonchev–Trinajstić information content (AvgIpc) is 3.42. The van der Waals surface area contributed by atoms with Crippen LogP contribution in [-0.2, 0) is 6.42 Å². The van der Waals surface area contributed by atoms with Gasteiger partial charge in [-0.25, -0.2) is 4.98 Å². The van der Waals surface area contributed by atoms with Gasteiger partial charge in [-0.1, -0.05) is 30.3 Å². The molecule has 0 radical (unpaired) electrons. The zero-order valence-corrected chi connectivity index (χ0v) is 20.5. The summed E-state index contributed by atoms with van der Waals surface area (Å²) in [5.41, 5.74) is 3.26. The molecular formula is C28H33N3O4. The number of nitrogens with one attached hydrogen (secondary N) is 1. The number of hydrogen-bond acceptors (Lipinski definition) is 6. The van der Waals surface area contributed by atoms with E-state index in [9.17, 15) is 4.79 Å². The molecule has 2 aromatic carbocycles. The van der Waals surface area contributed by atoms with E-state index in [0.717, 1.165) is 42.2 Å². The number of amides is 1. The summed E-state index contributed by atoms with van der Waals surface area (Å²) in [5.74, 6) is 1.89. The topological polar surface area (TPSA) is 72.9 Å². The number of aromatic nitrogens is 1. The Morgan fingerprint density at radius 1 is 1.00 bits per heavy atom. The molecule has 1 amide bonds. The molecule has 0 unspecified atom stereocenters. The number of nitrogens with zero attached hydrogens (tertiary/aromatic N) is 2. The van der Waals surface area contributed by atoms with Crippen LogP contribution in [-0.4, -0.2) is 62.8 Å². The summed E-state index contributed by atoms with van der Waals surface area (Å²) in [6.07, 6.45) is 3.15. The second kappa shape index (κ2) is 12.2. The van der Waals surface area contributed by atoms with E-state index in [1.807, 2.05) is 60.7 Å². The Bertz CT molecular complexity index is 1130. The molecule has 1 fully saturated rings. The Kier molecular flexibility index (Phi) is 8.57. The lowest BCUT2D eigenvalue weighted by Crippen LogP contribution is -2.33. The van der Waals surface area contributed by atoms with Gasteiger partial charge >= 0.3 is 0 Å². The van der Waals surface area contributed by atoms with Crippen LogP contribution in [0.4, 0.5) is 0 Å². The summed E-state index contributed by atoms with van der Waals surface area (Å²) in [6, 6.07) is 19.0. The molecule has 1 aromatic heterocycles. The Balaban J connectivity index is 1.36. The van der Waals surface area contributed by atoms with Crippen molar-refractivity contribution in [3.8, 4) is 28.6 Å². The Hall–Kier alpha value is -3.58. The van der Waals surface area contributed by atoms with Gasteiger partial charge in [-0.05, 0) is 50.2 Å². The largest absolute Gasteiger partial charge is 0.493 e. The lowest BCUT2D eigenvalue weighted by Gasteiger charge is -2.15. The van der Waals surface area contributed by atoms with Crippen LogP contribution in [0.3, 0.4) is 0 Å². The Morgan fingerprint density at radius 2 is 1.80 bits per heavy atom. The van der Waals surface area contributed by atoms with E-state index in [2.05, 4.69) is 15.2 Å². The van der Waals surface area contributed by atoms with Gasteiger partial charge in [0.25, 0.3) is 5.91 Å². The number of pyridine rings is 1. The van der Waals surface area contributed by atoms with Crippen LogP contribution >= 0.6 is 0 Å². The van der Waals surface area contributed by atoms with Gasteiger partial charge in [-0.3, -0.25) is 4.79 Å². The zero-order chi connectivity index (χ0) is 24.5. The fraction of sp³-hybridized carbons (Fsp3) is 0.357. The molecule has 0 spiro atoms. The molecule has 1 aliphatic heterocycles. The number of hydrogen-bond donors (Lipinski definition) is 1. The summed E-state index contributed by atoms with van der Waals surface area (Å²) in [5, 5.41) is 3.03. The summed E-state index contributed by atoms with van der Waals surface area (Å²) in [4.78, 5) is 19.7. The van der Waals surface area contributed by atoms with Crippen LogP contribution in [0, 0.1) is 0 Å². The molecule has 0 saturated carbocycles. The number of carbonyl (C=O) groups is 1. The first kappa shape index (κ1) is 24.5. The Morgan fingerprint density at radius 3 is 2.60 bits per heavy atom. The summed E-state index contributed by atoms with van der Waals surface area (Å²) in [6.45, 7) is 4.25. The van der Waals surface area contributed by atoms with Crippen molar-refractivity contribution in [3.05, 3.63) is 71.8 Å². The first-order valence-electron chi connectivity index (χ1n) is 12.1. The lowest BCUT2D eigenvalue weighted by atomic mass is 10.1. The van der Waals surface area contributed by atoms with Crippen molar-refractivity contribution < 1.29 is 19.0 Å². The van der Waals surface area contributed by atoms with Gasteiger partial charge in [0.2, 0.25) is 5.88 Å². The van der Waals surface area contributed by atoms with Gasteiger partial charge in [0.15, 0.2) is 11.5 Å². The van der Waals surface area contributed by atoms with Crippen LogP contribution in [0.5, 0.6) is 17.4 Å². The predicted molar refractivity (Wildman–Crippen MR) is 136 cm³/mol. The van der Waals surface area contributed by atoms with E-state index in [-0.39, 0.29) is 5.91 Å². The zero-order valence-electron chi connectivity index (χ0n) is 20.5. The molecule has 35 heavy (non-hydrogen) atoms. The minimum Gasteiger partial charge on any atom is -0.493 e. The van der Waals surface area contributed by atoms with Crippen LogP contribution in [0.2, 0.25) is 0 Å². The van der Waals surface area contributed by atoms with E-state index in [0.29, 0.717) is 36.8 Å². The van der Waals surface area contributed by atoms with Crippen molar-refractivity contribution in [2.45, 2.75) is 19.3 Å². The van der Waals surface area contributed by atoms with Gasteiger partial charge in [-0.15, -0.1) is 0 Å². The van der Waals surface area contributed by atoms with E-state index in [1.165, 1.54) is 12.8 Å². The molecule has 1 N–H and O–H groups in total. The number of para-hydroxylation sites is 1. The van der Waals surface area contributed by atoms with Crippen LogP contribution < -0.4 is 19.5 Å².